The highest BCUT2D eigenvalue weighted by molar-refractivity contribution is 5.34. The van der Waals surface area contributed by atoms with E-state index in [0.717, 1.165) is 11.6 Å². The van der Waals surface area contributed by atoms with Gasteiger partial charge in [0.2, 0.25) is 0 Å². The highest BCUT2D eigenvalue weighted by Gasteiger charge is 2.19. The number of nitrogens with zero attached hydrogens (tertiary/aromatic N) is 1. The summed E-state index contributed by atoms with van der Waals surface area (Å²) in [5, 5.41) is 0. The van der Waals surface area contributed by atoms with Crippen molar-refractivity contribution in [3.05, 3.63) is 28.6 Å². The molecule has 1 aromatic rings. The Morgan fingerprint density at radius 1 is 1.07 bits per heavy atom. The van der Waals surface area contributed by atoms with Gasteiger partial charge in [-0.15, -0.1) is 0 Å². The Balaban J connectivity index is 2.33. The van der Waals surface area contributed by atoms with Gasteiger partial charge < -0.3 is 0 Å². The second kappa shape index (κ2) is 4.34. The lowest BCUT2D eigenvalue weighted by molar-refractivity contribution is 0.440. The average molecular weight is 203 g/mol. The number of hydrogen-bond donors (Lipinski definition) is 0. The quantitative estimate of drug-likeness (QED) is 0.671. The Labute approximate surface area is 92.9 Å². The van der Waals surface area contributed by atoms with E-state index in [-0.39, 0.29) is 0 Å². The summed E-state index contributed by atoms with van der Waals surface area (Å²) in [6.45, 7) is 6.50. The summed E-state index contributed by atoms with van der Waals surface area (Å²) in [5.74, 6) is 0.784. The van der Waals surface area contributed by atoms with E-state index in [2.05, 4.69) is 31.8 Å². The predicted molar refractivity (Wildman–Crippen MR) is 64.3 cm³/mol. The molecule has 0 saturated heterocycles. The Morgan fingerprint density at radius 3 is 2.33 bits per heavy atom. The first-order chi connectivity index (χ1) is 7.18. The van der Waals surface area contributed by atoms with E-state index >= 15 is 0 Å². The van der Waals surface area contributed by atoms with Crippen LogP contribution < -0.4 is 0 Å². The number of hydrogen-bond acceptors (Lipinski definition) is 1. The third kappa shape index (κ3) is 2.22. The van der Waals surface area contributed by atoms with Crippen LogP contribution in [-0.4, -0.2) is 4.98 Å². The van der Waals surface area contributed by atoms with Gasteiger partial charge in [-0.3, -0.25) is 4.98 Å². The summed E-state index contributed by atoms with van der Waals surface area (Å²) in [5.41, 5.74) is 5.41. The zero-order chi connectivity index (χ0) is 10.8. The number of aryl methyl sites for hydroxylation is 3. The van der Waals surface area contributed by atoms with Gasteiger partial charge >= 0.3 is 0 Å². The van der Waals surface area contributed by atoms with E-state index in [1.54, 1.807) is 5.56 Å². The van der Waals surface area contributed by atoms with Crippen LogP contribution in [0.1, 0.15) is 60.5 Å². The van der Waals surface area contributed by atoms with Crippen molar-refractivity contribution >= 4 is 0 Å². The molecule has 0 radical (unpaired) electrons. The molecule has 0 aliphatic heterocycles. The van der Waals surface area contributed by atoms with Crippen molar-refractivity contribution in [3.8, 4) is 0 Å². The summed E-state index contributed by atoms with van der Waals surface area (Å²) in [7, 11) is 0. The minimum absolute atomic E-state index is 0.784. The van der Waals surface area contributed by atoms with Crippen LogP contribution in [-0.2, 0) is 0 Å². The minimum atomic E-state index is 0.784. The molecule has 0 amide bonds. The highest BCUT2D eigenvalue weighted by atomic mass is 14.7. The van der Waals surface area contributed by atoms with E-state index in [9.17, 15) is 0 Å². The van der Waals surface area contributed by atoms with Gasteiger partial charge in [0.15, 0.2) is 0 Å². The van der Waals surface area contributed by atoms with Gasteiger partial charge in [-0.05, 0) is 56.7 Å². The van der Waals surface area contributed by atoms with Crippen molar-refractivity contribution in [2.75, 3.05) is 0 Å². The average Bonchev–Trinajstić information content (AvgIpc) is 2.17. The number of aromatic nitrogens is 1. The lowest BCUT2D eigenvalue weighted by Crippen LogP contribution is -2.09. The second-order valence-corrected chi connectivity index (χ2v) is 4.91. The Morgan fingerprint density at radius 2 is 1.73 bits per heavy atom. The van der Waals surface area contributed by atoms with Gasteiger partial charge in [0.1, 0.15) is 0 Å². The highest BCUT2D eigenvalue weighted by Crippen LogP contribution is 2.35. The molecule has 1 fully saturated rings. The zero-order valence-electron chi connectivity index (χ0n) is 10.1. The maximum absolute atomic E-state index is 4.61. The molecule has 82 valence electrons. The molecule has 0 atom stereocenters. The summed E-state index contributed by atoms with van der Waals surface area (Å²) in [4.78, 5) is 4.61. The fourth-order valence-electron chi connectivity index (χ4n) is 3.04. The third-order valence-electron chi connectivity index (χ3n) is 3.60. The van der Waals surface area contributed by atoms with Crippen molar-refractivity contribution in [1.29, 1.82) is 0 Å². The van der Waals surface area contributed by atoms with Gasteiger partial charge in [0.05, 0.1) is 0 Å². The van der Waals surface area contributed by atoms with E-state index in [1.165, 1.54) is 43.4 Å². The van der Waals surface area contributed by atoms with Gasteiger partial charge in [-0.2, -0.15) is 0 Å². The van der Waals surface area contributed by atoms with Gasteiger partial charge in [-0.1, -0.05) is 19.3 Å². The van der Waals surface area contributed by atoms with Crippen molar-refractivity contribution < 1.29 is 0 Å². The summed E-state index contributed by atoms with van der Waals surface area (Å²) in [6.07, 6.45) is 6.96. The molecule has 1 aliphatic rings. The molecule has 1 aromatic heterocycles. The van der Waals surface area contributed by atoms with Crippen LogP contribution in [0.2, 0.25) is 0 Å². The Bertz CT molecular complexity index is 325. The minimum Gasteiger partial charge on any atom is -0.258 e. The molecule has 2 rings (SSSR count). The van der Waals surface area contributed by atoms with Crippen LogP contribution in [0.4, 0.5) is 0 Å². The maximum Gasteiger partial charge on any atom is 0.0413 e. The molecule has 0 aromatic carbocycles. The van der Waals surface area contributed by atoms with Crippen LogP contribution in [0, 0.1) is 20.8 Å². The summed E-state index contributed by atoms with van der Waals surface area (Å²) in [6, 6.07) is 2.23. The molecule has 15 heavy (non-hydrogen) atoms. The second-order valence-electron chi connectivity index (χ2n) is 4.91. The van der Waals surface area contributed by atoms with Gasteiger partial charge in [0, 0.05) is 11.4 Å². The fourth-order valence-corrected chi connectivity index (χ4v) is 3.04. The van der Waals surface area contributed by atoms with E-state index in [4.69, 9.17) is 0 Å². The topological polar surface area (TPSA) is 12.9 Å². The zero-order valence-corrected chi connectivity index (χ0v) is 10.1. The largest absolute Gasteiger partial charge is 0.258 e. The van der Waals surface area contributed by atoms with Crippen molar-refractivity contribution in [2.24, 2.45) is 0 Å². The van der Waals surface area contributed by atoms with Crippen molar-refractivity contribution in [2.45, 2.75) is 58.8 Å². The van der Waals surface area contributed by atoms with E-state index in [0.29, 0.717) is 0 Å². The van der Waals surface area contributed by atoms with E-state index < -0.39 is 0 Å². The van der Waals surface area contributed by atoms with Crippen LogP contribution in [0.25, 0.3) is 0 Å². The SMILES string of the molecule is Cc1cc(C)c(C2CCCCC2)c(C)n1. The van der Waals surface area contributed by atoms with Gasteiger partial charge in [0.25, 0.3) is 0 Å². The smallest absolute Gasteiger partial charge is 0.0413 e. The number of rotatable bonds is 1. The first kappa shape index (κ1) is 10.7. The Kier molecular flexibility index (Phi) is 3.08. The first-order valence-electron chi connectivity index (χ1n) is 6.13. The standard InChI is InChI=1S/C14H21N/c1-10-9-11(2)15-12(3)14(10)13-7-5-4-6-8-13/h9,13H,4-8H2,1-3H3. The molecule has 1 heteroatoms. The molecule has 1 saturated carbocycles. The molecular formula is C14H21N. The number of pyridine rings is 1. The molecule has 0 bridgehead atoms. The molecule has 0 N–H and O–H groups in total. The summed E-state index contributed by atoms with van der Waals surface area (Å²) < 4.78 is 0. The van der Waals surface area contributed by atoms with Crippen molar-refractivity contribution in [1.82, 2.24) is 4.98 Å². The molecule has 0 unspecified atom stereocenters. The molecule has 1 heterocycles. The molecule has 1 nitrogen and oxygen atoms in total. The fraction of sp³-hybridized carbons (Fsp3) is 0.643. The van der Waals surface area contributed by atoms with Crippen LogP contribution in [0.5, 0.6) is 0 Å². The first-order valence-corrected chi connectivity index (χ1v) is 6.13. The third-order valence-corrected chi connectivity index (χ3v) is 3.60. The molecule has 0 spiro atoms. The summed E-state index contributed by atoms with van der Waals surface area (Å²) >= 11 is 0. The van der Waals surface area contributed by atoms with Crippen molar-refractivity contribution in [3.63, 3.8) is 0 Å². The van der Waals surface area contributed by atoms with Crippen LogP contribution in [0.15, 0.2) is 6.07 Å². The molecular weight excluding hydrogens is 182 g/mol. The van der Waals surface area contributed by atoms with E-state index in [1.807, 2.05) is 0 Å². The predicted octanol–water partition coefficient (Wildman–Crippen LogP) is 4.05. The maximum atomic E-state index is 4.61. The van der Waals surface area contributed by atoms with Crippen LogP contribution >= 0.6 is 0 Å². The molecule has 1 aliphatic carbocycles. The monoisotopic (exact) mass is 203 g/mol. The van der Waals surface area contributed by atoms with Crippen LogP contribution in [0.3, 0.4) is 0 Å². The lowest BCUT2D eigenvalue weighted by Gasteiger charge is -2.25. The van der Waals surface area contributed by atoms with Gasteiger partial charge in [-0.25, -0.2) is 0 Å². The lowest BCUT2D eigenvalue weighted by atomic mass is 9.81. The normalized spacial score (nSPS) is 18.1. The Hall–Kier alpha value is -0.850.